The van der Waals surface area contributed by atoms with Crippen molar-refractivity contribution in [2.24, 2.45) is 0 Å². The Kier molecular flexibility index (Phi) is 24.6. The summed E-state index contributed by atoms with van der Waals surface area (Å²) in [4.78, 5) is 9.80. The fraction of sp³-hybridized carbons (Fsp3) is 0.931. The molecule has 0 aromatic rings. The summed E-state index contributed by atoms with van der Waals surface area (Å²) in [7, 11) is 3.44. The molecule has 8 heteroatoms. The Bertz CT molecular complexity index is 567. The number of nitrogens with zero attached hydrogens (tertiary/aromatic N) is 1. The molecule has 0 spiro atoms. The summed E-state index contributed by atoms with van der Waals surface area (Å²) in [6.07, 6.45) is 25.2. The van der Waals surface area contributed by atoms with Crippen molar-refractivity contribution >= 4 is 7.82 Å². The molecule has 0 aromatic heterocycles. The first kappa shape index (κ1) is 36.7. The fourth-order valence-electron chi connectivity index (χ4n) is 3.85. The minimum absolute atomic E-state index is 0.0376. The zero-order valence-electron chi connectivity index (χ0n) is 25.0. The van der Waals surface area contributed by atoms with Gasteiger partial charge in [-0.1, -0.05) is 89.7 Å². The number of hydrogen-bond donors (Lipinski definition) is 1. The zero-order valence-corrected chi connectivity index (χ0v) is 25.9. The highest BCUT2D eigenvalue weighted by molar-refractivity contribution is 7.47. The third-order valence-electron chi connectivity index (χ3n) is 6.38. The molecule has 1 N–H and O–H groups in total. The Hall–Kier alpha value is -0.270. The van der Waals surface area contributed by atoms with Crippen LogP contribution in [0.1, 0.15) is 110 Å². The monoisotopic (exact) mass is 550 g/mol. The molecule has 1 unspecified atom stereocenters. The first-order valence-electron chi connectivity index (χ1n) is 14.9. The number of quaternary nitrogens is 1. The van der Waals surface area contributed by atoms with E-state index in [1.165, 1.54) is 96.3 Å². The van der Waals surface area contributed by atoms with E-state index >= 15 is 0 Å². The summed E-state index contributed by atoms with van der Waals surface area (Å²) < 4.78 is 33.7. The Morgan fingerprint density at radius 3 is 1.76 bits per heavy atom. The van der Waals surface area contributed by atoms with Crippen LogP contribution >= 0.6 is 7.82 Å². The van der Waals surface area contributed by atoms with Gasteiger partial charge in [-0.3, -0.25) is 9.05 Å². The molecule has 0 heterocycles. The molecule has 0 aliphatic rings. The minimum atomic E-state index is -4.07. The Morgan fingerprint density at radius 2 is 1.24 bits per heavy atom. The normalized spacial score (nSPS) is 14.9. The molecule has 0 aromatic carbocycles. The number of rotatable bonds is 28. The number of likely N-dealkylation sites (N-methyl/N-ethyl adjacent to an activating group) is 1. The summed E-state index contributed by atoms with van der Waals surface area (Å²) >= 11 is 0. The van der Waals surface area contributed by atoms with Crippen molar-refractivity contribution in [3.05, 3.63) is 12.2 Å². The molecular weight excluding hydrogens is 489 g/mol. The van der Waals surface area contributed by atoms with Gasteiger partial charge in [0.05, 0.1) is 34.4 Å². The highest BCUT2D eigenvalue weighted by atomic mass is 31.2. The second kappa shape index (κ2) is 24.7. The van der Waals surface area contributed by atoms with E-state index in [1.807, 2.05) is 21.1 Å². The zero-order chi connectivity index (χ0) is 27.7. The maximum Gasteiger partial charge on any atom is 0.472 e. The van der Waals surface area contributed by atoms with Crippen molar-refractivity contribution in [2.75, 3.05) is 61.2 Å². The molecule has 7 nitrogen and oxygen atoms in total. The van der Waals surface area contributed by atoms with E-state index in [9.17, 15) is 9.46 Å². The molecule has 0 amide bonds. The predicted molar refractivity (Wildman–Crippen MR) is 155 cm³/mol. The number of allylic oxidation sites excluding steroid dienone is 2. The van der Waals surface area contributed by atoms with Crippen LogP contribution in [-0.4, -0.2) is 76.7 Å². The second-order valence-electron chi connectivity index (χ2n) is 11.2. The third kappa shape index (κ3) is 28.6. The van der Waals surface area contributed by atoms with Gasteiger partial charge in [-0.15, -0.1) is 0 Å². The summed E-state index contributed by atoms with van der Waals surface area (Å²) in [6, 6.07) is 0. The van der Waals surface area contributed by atoms with E-state index in [0.29, 0.717) is 24.2 Å². The van der Waals surface area contributed by atoms with Gasteiger partial charge >= 0.3 is 7.82 Å². The molecule has 222 valence electrons. The van der Waals surface area contributed by atoms with Gasteiger partial charge < -0.3 is 18.9 Å². The van der Waals surface area contributed by atoms with Crippen molar-refractivity contribution in [3.63, 3.8) is 0 Å². The number of ether oxygens (including phenoxy) is 2. The minimum Gasteiger partial charge on any atom is -0.379 e. The van der Waals surface area contributed by atoms with Crippen molar-refractivity contribution in [3.8, 4) is 0 Å². The largest absolute Gasteiger partial charge is 0.472 e. The van der Waals surface area contributed by atoms with Gasteiger partial charge in [0.15, 0.2) is 0 Å². The van der Waals surface area contributed by atoms with Crippen LogP contribution in [-0.2, 0) is 23.1 Å². The molecule has 0 saturated heterocycles. The highest BCUT2D eigenvalue weighted by Crippen LogP contribution is 2.43. The van der Waals surface area contributed by atoms with Crippen LogP contribution in [0.3, 0.4) is 0 Å². The quantitative estimate of drug-likeness (QED) is 0.0466. The van der Waals surface area contributed by atoms with Crippen LogP contribution < -0.4 is 0 Å². The standard InChI is InChI=1S/C29H60NO6P/c1-6-7-8-9-10-11-12-13-14-15-16-17-18-19-20-21-22-23-25-34-27-29(33-5)28-36-37(31,32)35-26-24-30(2,3)4/h12-13,29H,6-11,14-28H2,1-5H3/p+1/b13-12-/t29-/m1/s1. The van der Waals surface area contributed by atoms with Crippen LogP contribution in [0.15, 0.2) is 12.2 Å². The first-order chi connectivity index (χ1) is 17.7. The topological polar surface area (TPSA) is 74.2 Å². The van der Waals surface area contributed by atoms with Crippen LogP contribution in [0.4, 0.5) is 0 Å². The smallest absolute Gasteiger partial charge is 0.379 e. The number of hydrogen-bond acceptors (Lipinski definition) is 5. The molecule has 37 heavy (non-hydrogen) atoms. The van der Waals surface area contributed by atoms with E-state index in [1.54, 1.807) is 7.11 Å². The fourth-order valence-corrected chi connectivity index (χ4v) is 4.59. The lowest BCUT2D eigenvalue weighted by Gasteiger charge is -2.24. The van der Waals surface area contributed by atoms with Gasteiger partial charge in [0.25, 0.3) is 0 Å². The third-order valence-corrected chi connectivity index (χ3v) is 7.36. The lowest BCUT2D eigenvalue weighted by Crippen LogP contribution is -2.37. The van der Waals surface area contributed by atoms with Crippen molar-refractivity contribution < 1.29 is 32.5 Å². The lowest BCUT2D eigenvalue weighted by atomic mass is 10.1. The summed E-state index contributed by atoms with van der Waals surface area (Å²) in [6.45, 7) is 4.00. The van der Waals surface area contributed by atoms with Gasteiger partial charge in [0.2, 0.25) is 0 Å². The number of methoxy groups -OCH3 is 1. The summed E-state index contributed by atoms with van der Waals surface area (Å²) in [5.74, 6) is 0. The van der Waals surface area contributed by atoms with Gasteiger partial charge in [-0.05, 0) is 32.1 Å². The van der Waals surface area contributed by atoms with Crippen LogP contribution in [0, 0.1) is 0 Å². The number of unbranched alkanes of at least 4 members (excludes halogenated alkanes) is 14. The second-order valence-corrected chi connectivity index (χ2v) is 12.6. The molecule has 0 aliphatic carbocycles. The van der Waals surface area contributed by atoms with E-state index < -0.39 is 13.9 Å². The Labute approximate surface area is 229 Å². The average Bonchev–Trinajstić information content (AvgIpc) is 2.83. The summed E-state index contributed by atoms with van der Waals surface area (Å²) in [5, 5.41) is 0. The maximum absolute atomic E-state index is 12.0. The lowest BCUT2D eigenvalue weighted by molar-refractivity contribution is -0.870. The van der Waals surface area contributed by atoms with Crippen molar-refractivity contribution in [1.82, 2.24) is 0 Å². The van der Waals surface area contributed by atoms with Crippen molar-refractivity contribution in [2.45, 2.75) is 116 Å². The molecule has 0 radical (unpaired) electrons. The van der Waals surface area contributed by atoms with Gasteiger partial charge in [0, 0.05) is 13.7 Å². The number of phosphoric acid groups is 1. The molecule has 0 aliphatic heterocycles. The molecule has 0 fully saturated rings. The van der Waals surface area contributed by atoms with Gasteiger partial charge in [-0.25, -0.2) is 4.57 Å². The molecule has 0 rings (SSSR count). The van der Waals surface area contributed by atoms with Crippen molar-refractivity contribution in [1.29, 1.82) is 0 Å². The van der Waals surface area contributed by atoms with E-state index in [-0.39, 0.29) is 13.2 Å². The van der Waals surface area contributed by atoms with Gasteiger partial charge in [-0.2, -0.15) is 0 Å². The molecule has 0 bridgehead atoms. The number of phosphoric ester groups is 1. The Morgan fingerprint density at radius 1 is 0.730 bits per heavy atom. The van der Waals surface area contributed by atoms with Crippen LogP contribution in [0.5, 0.6) is 0 Å². The van der Waals surface area contributed by atoms with Gasteiger partial charge in [0.1, 0.15) is 19.3 Å². The maximum atomic E-state index is 12.0. The summed E-state index contributed by atoms with van der Waals surface area (Å²) in [5.41, 5.74) is 0. The van der Waals surface area contributed by atoms with E-state index in [2.05, 4.69) is 19.1 Å². The molecule has 0 saturated carbocycles. The SMILES string of the molecule is CCCCCCC/C=C\CCCCCCCCCCCOC[C@H](COP(=O)(O)OCC[N+](C)(C)C)OC. The predicted octanol–water partition coefficient (Wildman–Crippen LogP) is 7.68. The molecular formula is C29H61NO6P+. The molecule has 2 atom stereocenters. The van der Waals surface area contributed by atoms with Crippen LogP contribution in [0.2, 0.25) is 0 Å². The van der Waals surface area contributed by atoms with E-state index in [0.717, 1.165) is 6.42 Å². The van der Waals surface area contributed by atoms with E-state index in [4.69, 9.17) is 18.5 Å². The first-order valence-corrected chi connectivity index (χ1v) is 16.4. The highest BCUT2D eigenvalue weighted by Gasteiger charge is 2.24. The average molecular weight is 551 g/mol. The van der Waals surface area contributed by atoms with Crippen LogP contribution in [0.25, 0.3) is 0 Å². The Balaban J connectivity index is 3.50.